The second-order valence-electron chi connectivity index (χ2n) is 5.13. The third kappa shape index (κ3) is 2.51. The van der Waals surface area contributed by atoms with Crippen molar-refractivity contribution in [1.82, 2.24) is 9.53 Å². The second-order valence-corrected chi connectivity index (χ2v) is 8.07. The minimum atomic E-state index is -3.37. The summed E-state index contributed by atoms with van der Waals surface area (Å²) < 4.78 is 33.9. The zero-order valence-electron chi connectivity index (χ0n) is 11.7. The molecule has 0 radical (unpaired) electrons. The average Bonchev–Trinajstić information content (AvgIpc) is 3.15. The molecule has 2 aromatic rings. The molecule has 1 aliphatic carbocycles. The Morgan fingerprint density at radius 1 is 1.43 bits per heavy atom. The molecule has 2 heterocycles. The number of rotatable bonds is 5. The third-order valence-corrected chi connectivity index (χ3v) is 6.81. The van der Waals surface area contributed by atoms with Crippen LogP contribution in [0.25, 0.3) is 0 Å². The number of nitrogens with zero attached hydrogens (tertiary/aromatic N) is 2. The number of sulfone groups is 1. The van der Waals surface area contributed by atoms with E-state index >= 15 is 0 Å². The molecule has 1 fully saturated rings. The van der Waals surface area contributed by atoms with Crippen molar-refractivity contribution in [1.29, 1.82) is 0 Å². The van der Waals surface area contributed by atoms with E-state index in [4.69, 9.17) is 10.3 Å². The van der Waals surface area contributed by atoms with E-state index in [-0.39, 0.29) is 16.0 Å². The van der Waals surface area contributed by atoms with Crippen molar-refractivity contribution in [3.63, 3.8) is 0 Å². The number of nitrogens with two attached hydrogens (primary N) is 1. The predicted molar refractivity (Wildman–Crippen MR) is 80.0 cm³/mol. The van der Waals surface area contributed by atoms with Crippen molar-refractivity contribution in [3.05, 3.63) is 17.0 Å². The maximum absolute atomic E-state index is 12.4. The first-order valence-electron chi connectivity index (χ1n) is 6.56. The van der Waals surface area contributed by atoms with E-state index in [0.29, 0.717) is 30.1 Å². The van der Waals surface area contributed by atoms with Crippen LogP contribution in [0.15, 0.2) is 9.42 Å². The van der Waals surface area contributed by atoms with Crippen molar-refractivity contribution in [2.45, 2.75) is 43.4 Å². The van der Waals surface area contributed by atoms with Gasteiger partial charge < -0.3 is 15.6 Å². The molecule has 0 aromatic carbocycles. The molecule has 0 saturated heterocycles. The summed E-state index contributed by atoms with van der Waals surface area (Å²) in [6.45, 7) is 4.09. The Balaban J connectivity index is 1.87. The molecule has 2 aromatic heterocycles. The van der Waals surface area contributed by atoms with Crippen molar-refractivity contribution in [2.24, 2.45) is 0 Å². The van der Waals surface area contributed by atoms with Crippen LogP contribution in [0.3, 0.4) is 0 Å². The first-order valence-corrected chi connectivity index (χ1v) is 8.88. The van der Waals surface area contributed by atoms with E-state index in [2.05, 4.69) is 14.8 Å². The Hall–Kier alpha value is -1.61. The molecule has 0 aliphatic heterocycles. The molecule has 114 valence electrons. The molecule has 1 saturated carbocycles. The summed E-state index contributed by atoms with van der Waals surface area (Å²) in [7, 11) is -3.37. The van der Waals surface area contributed by atoms with Crippen LogP contribution in [-0.2, 0) is 16.4 Å². The fourth-order valence-corrected chi connectivity index (χ4v) is 5.03. The van der Waals surface area contributed by atoms with Gasteiger partial charge in [-0.05, 0) is 38.2 Å². The van der Waals surface area contributed by atoms with E-state index in [1.165, 1.54) is 0 Å². The maximum Gasteiger partial charge on any atom is 0.187 e. The number of nitrogen functional groups attached to an aromatic ring is 1. The smallest absolute Gasteiger partial charge is 0.187 e. The average molecular weight is 328 g/mol. The number of aromatic nitrogens is 2. The Morgan fingerprint density at radius 3 is 2.71 bits per heavy atom. The first-order chi connectivity index (χ1) is 9.91. The minimum Gasteiger partial charge on any atom is -0.382 e. The van der Waals surface area contributed by atoms with Crippen LogP contribution in [-0.4, -0.2) is 23.2 Å². The first kappa shape index (κ1) is 14.3. The van der Waals surface area contributed by atoms with Gasteiger partial charge in [-0.15, -0.1) is 0 Å². The molecule has 21 heavy (non-hydrogen) atoms. The highest BCUT2D eigenvalue weighted by molar-refractivity contribution is 7.92. The molecular weight excluding hydrogens is 312 g/mol. The van der Waals surface area contributed by atoms with Gasteiger partial charge in [0.2, 0.25) is 0 Å². The molecule has 0 amide bonds. The van der Waals surface area contributed by atoms with E-state index in [1.54, 1.807) is 0 Å². The standard InChI is InChI=1S/C12H16N4O3S2/c1-6-9(7(2)19-15-6)5-14-12-10(11(13)16-20-12)21(17,18)8-3-4-8/h8,14H,3-5H2,1-2H3,(H2,13,16). The summed E-state index contributed by atoms with van der Waals surface area (Å²) in [5.74, 6) is 0.789. The molecule has 0 bridgehead atoms. The summed E-state index contributed by atoms with van der Waals surface area (Å²) >= 11 is 1.07. The molecule has 0 atom stereocenters. The monoisotopic (exact) mass is 328 g/mol. The number of aryl methyl sites for hydroxylation is 2. The summed E-state index contributed by atoms with van der Waals surface area (Å²) in [5, 5.41) is 7.15. The fraction of sp³-hybridized carbons (Fsp3) is 0.500. The van der Waals surface area contributed by atoms with E-state index in [0.717, 1.165) is 22.8 Å². The zero-order valence-corrected chi connectivity index (χ0v) is 13.3. The van der Waals surface area contributed by atoms with Gasteiger partial charge in [0.1, 0.15) is 15.7 Å². The SMILES string of the molecule is Cc1noc(C)c1CNc1snc(N)c1S(=O)(=O)C1CC1. The number of nitrogens with one attached hydrogen (secondary N) is 1. The van der Waals surface area contributed by atoms with Crippen molar-refractivity contribution in [2.75, 3.05) is 11.1 Å². The molecule has 3 N–H and O–H groups in total. The van der Waals surface area contributed by atoms with Gasteiger partial charge in [0, 0.05) is 12.1 Å². The van der Waals surface area contributed by atoms with Crippen LogP contribution in [0.1, 0.15) is 29.9 Å². The predicted octanol–water partition coefficient (Wildman–Crippen LogP) is 1.88. The minimum absolute atomic E-state index is 0.0770. The van der Waals surface area contributed by atoms with Crippen LogP contribution in [0, 0.1) is 13.8 Å². The molecule has 1 aliphatic rings. The molecule has 0 unspecified atom stereocenters. The normalized spacial score (nSPS) is 15.3. The van der Waals surface area contributed by atoms with Crippen LogP contribution in [0.2, 0.25) is 0 Å². The lowest BCUT2D eigenvalue weighted by Crippen LogP contribution is -2.11. The van der Waals surface area contributed by atoms with Gasteiger partial charge >= 0.3 is 0 Å². The third-order valence-electron chi connectivity index (χ3n) is 3.53. The van der Waals surface area contributed by atoms with Crippen LogP contribution in [0.4, 0.5) is 10.8 Å². The summed E-state index contributed by atoms with van der Waals surface area (Å²) in [4.78, 5) is 0.141. The highest BCUT2D eigenvalue weighted by atomic mass is 32.2. The van der Waals surface area contributed by atoms with Crippen molar-refractivity contribution < 1.29 is 12.9 Å². The lowest BCUT2D eigenvalue weighted by atomic mass is 10.2. The Labute approximate surface area is 126 Å². The highest BCUT2D eigenvalue weighted by Gasteiger charge is 2.40. The van der Waals surface area contributed by atoms with Gasteiger partial charge in [0.05, 0.1) is 10.9 Å². The summed E-state index contributed by atoms with van der Waals surface area (Å²) in [6.07, 6.45) is 1.39. The van der Waals surface area contributed by atoms with E-state index in [9.17, 15) is 8.42 Å². The van der Waals surface area contributed by atoms with Crippen LogP contribution >= 0.6 is 11.5 Å². The largest absolute Gasteiger partial charge is 0.382 e. The number of hydrogen-bond donors (Lipinski definition) is 2. The second kappa shape index (κ2) is 4.99. The summed E-state index contributed by atoms with van der Waals surface area (Å²) in [6, 6.07) is 0. The molecule has 0 spiro atoms. The van der Waals surface area contributed by atoms with Crippen LogP contribution in [0.5, 0.6) is 0 Å². The van der Waals surface area contributed by atoms with Gasteiger partial charge in [-0.1, -0.05) is 5.16 Å². The zero-order chi connectivity index (χ0) is 15.2. The molecule has 7 nitrogen and oxygen atoms in total. The van der Waals surface area contributed by atoms with Gasteiger partial charge in [0.25, 0.3) is 0 Å². The quantitative estimate of drug-likeness (QED) is 0.862. The van der Waals surface area contributed by atoms with Gasteiger partial charge in [-0.2, -0.15) is 4.37 Å². The molecule has 9 heteroatoms. The number of anilines is 2. The highest BCUT2D eigenvalue weighted by Crippen LogP contribution is 2.41. The van der Waals surface area contributed by atoms with Gasteiger partial charge in [-0.3, -0.25) is 0 Å². The van der Waals surface area contributed by atoms with Crippen molar-refractivity contribution in [3.8, 4) is 0 Å². The molecule has 3 rings (SSSR count). The van der Waals surface area contributed by atoms with Gasteiger partial charge in [0.15, 0.2) is 15.7 Å². The van der Waals surface area contributed by atoms with Crippen LogP contribution < -0.4 is 11.1 Å². The molecular formula is C12H16N4O3S2. The Kier molecular flexibility index (Phi) is 3.40. The number of hydrogen-bond acceptors (Lipinski definition) is 8. The van der Waals surface area contributed by atoms with E-state index < -0.39 is 9.84 Å². The summed E-state index contributed by atoms with van der Waals surface area (Å²) in [5.41, 5.74) is 7.45. The van der Waals surface area contributed by atoms with E-state index in [1.807, 2.05) is 13.8 Å². The maximum atomic E-state index is 12.4. The lowest BCUT2D eigenvalue weighted by Gasteiger charge is -2.07. The fourth-order valence-electron chi connectivity index (χ4n) is 2.15. The van der Waals surface area contributed by atoms with Gasteiger partial charge in [-0.25, -0.2) is 8.42 Å². The topological polar surface area (TPSA) is 111 Å². The Bertz CT molecular complexity index is 755. The van der Waals surface area contributed by atoms with Crippen molar-refractivity contribution >= 4 is 32.2 Å². The Morgan fingerprint density at radius 2 is 2.14 bits per heavy atom. The lowest BCUT2D eigenvalue weighted by molar-refractivity contribution is 0.392.